The summed E-state index contributed by atoms with van der Waals surface area (Å²) in [6.45, 7) is 1.51. The quantitative estimate of drug-likeness (QED) is 0.642. The van der Waals surface area contributed by atoms with E-state index in [0.717, 1.165) is 0 Å². The molecule has 0 saturated carbocycles. The third kappa shape index (κ3) is 3.39. The first-order valence-corrected chi connectivity index (χ1v) is 10.2. The van der Waals surface area contributed by atoms with E-state index in [1.807, 2.05) is 24.4 Å². The molecule has 148 valence electrons. The van der Waals surface area contributed by atoms with E-state index in [9.17, 15) is 13.2 Å². The second-order valence-electron chi connectivity index (χ2n) is 6.42. The van der Waals surface area contributed by atoms with Gasteiger partial charge in [0.05, 0.1) is 19.8 Å². The zero-order valence-corrected chi connectivity index (χ0v) is 16.1. The number of carbonyl (C=O) groups excluding carboxylic acids is 1. The van der Waals surface area contributed by atoms with Gasteiger partial charge in [0.25, 0.3) is 5.91 Å². The third-order valence-electron chi connectivity index (χ3n) is 4.61. The highest BCUT2D eigenvalue weighted by Crippen LogP contribution is 2.19. The van der Waals surface area contributed by atoms with Gasteiger partial charge < -0.3 is 14.6 Å². The van der Waals surface area contributed by atoms with Gasteiger partial charge in [0, 0.05) is 32.5 Å². The summed E-state index contributed by atoms with van der Waals surface area (Å²) in [5.41, 5.74) is 0.935. The summed E-state index contributed by atoms with van der Waals surface area (Å²) in [4.78, 5) is 12.7. The molecule has 1 aliphatic rings. The Kier molecular flexibility index (Phi) is 4.87. The van der Waals surface area contributed by atoms with Crippen LogP contribution in [0, 0.1) is 0 Å². The number of carbonyl (C=O) groups is 1. The van der Waals surface area contributed by atoms with Crippen LogP contribution in [-0.2, 0) is 28.4 Å². The average Bonchev–Trinajstić information content (AvgIpc) is 3.31. The van der Waals surface area contributed by atoms with Gasteiger partial charge in [-0.15, -0.1) is 10.2 Å². The number of amides is 1. The van der Waals surface area contributed by atoms with Gasteiger partial charge >= 0.3 is 0 Å². The minimum Gasteiger partial charge on any atom is -0.379 e. The lowest BCUT2D eigenvalue weighted by Crippen LogP contribution is -2.40. The van der Waals surface area contributed by atoms with Gasteiger partial charge in [0.1, 0.15) is 10.6 Å². The van der Waals surface area contributed by atoms with Gasteiger partial charge in [-0.2, -0.15) is 4.31 Å². The van der Waals surface area contributed by atoms with Crippen molar-refractivity contribution in [1.82, 2.24) is 28.8 Å². The normalized spacial score (nSPS) is 15.8. The number of ether oxygens (including phenoxy) is 1. The van der Waals surface area contributed by atoms with Crippen LogP contribution < -0.4 is 5.32 Å². The molecule has 4 rings (SSSR count). The fourth-order valence-electron chi connectivity index (χ4n) is 3.10. The molecule has 0 bridgehead atoms. The molecule has 4 heterocycles. The van der Waals surface area contributed by atoms with Gasteiger partial charge in [-0.1, -0.05) is 6.07 Å². The number of fused-ring (bicyclic) bond motifs is 1. The van der Waals surface area contributed by atoms with E-state index in [1.54, 1.807) is 11.4 Å². The molecule has 10 nitrogen and oxygen atoms in total. The van der Waals surface area contributed by atoms with E-state index < -0.39 is 15.9 Å². The van der Waals surface area contributed by atoms with Gasteiger partial charge in [-0.05, 0) is 18.2 Å². The first-order chi connectivity index (χ1) is 13.5. The lowest BCUT2D eigenvalue weighted by molar-refractivity contribution is 0.0730. The lowest BCUT2D eigenvalue weighted by atomic mass is 10.4. The molecule has 1 fully saturated rings. The molecule has 0 aliphatic carbocycles. The van der Waals surface area contributed by atoms with Crippen LogP contribution in [0.3, 0.4) is 0 Å². The molecule has 11 heteroatoms. The molecule has 1 amide bonds. The highest BCUT2D eigenvalue weighted by molar-refractivity contribution is 7.89. The Hall–Kier alpha value is -2.76. The van der Waals surface area contributed by atoms with Crippen molar-refractivity contribution in [2.45, 2.75) is 11.4 Å². The predicted molar refractivity (Wildman–Crippen MR) is 99.1 cm³/mol. The monoisotopic (exact) mass is 404 g/mol. The number of hydrogen-bond acceptors (Lipinski definition) is 6. The smallest absolute Gasteiger partial charge is 0.268 e. The second-order valence-corrected chi connectivity index (χ2v) is 8.35. The number of pyridine rings is 1. The minimum absolute atomic E-state index is 0.0926. The summed E-state index contributed by atoms with van der Waals surface area (Å²) >= 11 is 0. The van der Waals surface area contributed by atoms with E-state index in [0.29, 0.717) is 37.8 Å². The number of morpholine rings is 1. The van der Waals surface area contributed by atoms with Gasteiger partial charge in [0.15, 0.2) is 11.5 Å². The fourth-order valence-corrected chi connectivity index (χ4v) is 4.58. The standard InChI is InChI=1S/C17H20N6O4S/c1-21-12-13(28(25,26)22-6-8-27-9-7-22)10-14(21)17(24)18-11-16-20-19-15-4-2-3-5-23(15)16/h2-5,10,12H,6-9,11H2,1H3,(H,18,24). The highest BCUT2D eigenvalue weighted by atomic mass is 32.2. The summed E-state index contributed by atoms with van der Waals surface area (Å²) in [5.74, 6) is 0.193. The number of nitrogens with one attached hydrogen (secondary N) is 1. The van der Waals surface area contributed by atoms with Crippen LogP contribution in [0.25, 0.3) is 5.65 Å². The first-order valence-electron chi connectivity index (χ1n) is 8.78. The van der Waals surface area contributed by atoms with Gasteiger partial charge in [-0.25, -0.2) is 8.42 Å². The highest BCUT2D eigenvalue weighted by Gasteiger charge is 2.28. The van der Waals surface area contributed by atoms with Crippen molar-refractivity contribution >= 4 is 21.6 Å². The number of sulfonamides is 1. The number of rotatable bonds is 5. The Morgan fingerprint density at radius 2 is 2.04 bits per heavy atom. The van der Waals surface area contributed by atoms with E-state index in [4.69, 9.17) is 4.74 Å². The summed E-state index contributed by atoms with van der Waals surface area (Å²) in [6, 6.07) is 6.91. The molecule has 0 unspecified atom stereocenters. The van der Waals surface area contributed by atoms with Crippen LogP contribution in [0.5, 0.6) is 0 Å². The molecule has 0 aromatic carbocycles. The van der Waals surface area contributed by atoms with Crippen molar-refractivity contribution in [1.29, 1.82) is 0 Å². The zero-order valence-electron chi connectivity index (χ0n) is 15.3. The van der Waals surface area contributed by atoms with E-state index in [-0.39, 0.29) is 17.1 Å². The minimum atomic E-state index is -3.66. The largest absolute Gasteiger partial charge is 0.379 e. The number of nitrogens with zero attached hydrogens (tertiary/aromatic N) is 5. The molecule has 1 N–H and O–H groups in total. The van der Waals surface area contributed by atoms with Crippen molar-refractivity contribution in [2.75, 3.05) is 26.3 Å². The molecule has 3 aromatic rings. The topological polar surface area (TPSA) is 111 Å². The van der Waals surface area contributed by atoms with E-state index >= 15 is 0 Å². The van der Waals surface area contributed by atoms with Crippen LogP contribution in [0.4, 0.5) is 0 Å². The third-order valence-corrected chi connectivity index (χ3v) is 6.48. The first kappa shape index (κ1) is 18.6. The molecular formula is C17H20N6O4S. The Labute approximate surface area is 161 Å². The predicted octanol–water partition coefficient (Wildman–Crippen LogP) is 0.0187. The maximum absolute atomic E-state index is 12.8. The summed E-state index contributed by atoms with van der Waals surface area (Å²) in [7, 11) is -2.02. The number of aromatic nitrogens is 4. The van der Waals surface area contributed by atoms with Crippen molar-refractivity contribution in [3.8, 4) is 0 Å². The van der Waals surface area contributed by atoms with Crippen LogP contribution >= 0.6 is 0 Å². The summed E-state index contributed by atoms with van der Waals surface area (Å²) < 4.78 is 35.4. The van der Waals surface area contributed by atoms with Crippen LogP contribution in [0.2, 0.25) is 0 Å². The molecule has 1 saturated heterocycles. The van der Waals surface area contributed by atoms with Crippen LogP contribution in [0.1, 0.15) is 16.3 Å². The van der Waals surface area contributed by atoms with Gasteiger partial charge in [0.2, 0.25) is 10.0 Å². The molecular weight excluding hydrogens is 384 g/mol. The molecule has 1 aliphatic heterocycles. The molecule has 28 heavy (non-hydrogen) atoms. The summed E-state index contributed by atoms with van der Waals surface area (Å²) in [5, 5.41) is 10.9. The van der Waals surface area contributed by atoms with Crippen LogP contribution in [-0.4, -0.2) is 64.1 Å². The van der Waals surface area contributed by atoms with E-state index in [1.165, 1.54) is 21.1 Å². The average molecular weight is 404 g/mol. The van der Waals surface area contributed by atoms with Crippen molar-refractivity contribution < 1.29 is 17.9 Å². The maximum atomic E-state index is 12.8. The summed E-state index contributed by atoms with van der Waals surface area (Å²) in [6.07, 6.45) is 3.26. The number of aryl methyl sites for hydroxylation is 1. The maximum Gasteiger partial charge on any atom is 0.268 e. The second kappa shape index (κ2) is 7.34. The molecule has 3 aromatic heterocycles. The van der Waals surface area contributed by atoms with Gasteiger partial charge in [-0.3, -0.25) is 9.20 Å². The Morgan fingerprint density at radius 3 is 2.82 bits per heavy atom. The zero-order chi connectivity index (χ0) is 19.7. The Balaban J connectivity index is 1.50. The van der Waals surface area contributed by atoms with Crippen molar-refractivity contribution in [3.63, 3.8) is 0 Å². The SMILES string of the molecule is Cn1cc(S(=O)(=O)N2CCOCC2)cc1C(=O)NCc1nnc2ccccn12. The Morgan fingerprint density at radius 1 is 1.25 bits per heavy atom. The van der Waals surface area contributed by atoms with Crippen LogP contribution in [0.15, 0.2) is 41.6 Å². The number of hydrogen-bond donors (Lipinski definition) is 1. The van der Waals surface area contributed by atoms with Crippen molar-refractivity contribution in [3.05, 3.63) is 48.2 Å². The van der Waals surface area contributed by atoms with E-state index in [2.05, 4.69) is 15.5 Å². The lowest BCUT2D eigenvalue weighted by Gasteiger charge is -2.25. The fraction of sp³-hybridized carbons (Fsp3) is 0.353. The molecule has 0 atom stereocenters. The molecule has 0 spiro atoms. The molecule has 0 radical (unpaired) electrons. The van der Waals surface area contributed by atoms with Crippen molar-refractivity contribution in [2.24, 2.45) is 7.05 Å². The Bertz CT molecular complexity index is 1110.